The molecule has 96 valence electrons. The second-order valence-electron chi connectivity index (χ2n) is 4.53. The van der Waals surface area contributed by atoms with E-state index in [9.17, 15) is 5.11 Å². The first-order valence-corrected chi connectivity index (χ1v) is 6.82. The summed E-state index contributed by atoms with van der Waals surface area (Å²) in [5.74, 6) is 0.352. The molecule has 2 rings (SSSR count). The molecule has 0 saturated carbocycles. The number of thiazole rings is 1. The summed E-state index contributed by atoms with van der Waals surface area (Å²) in [4.78, 5) is 5.53. The summed E-state index contributed by atoms with van der Waals surface area (Å²) < 4.78 is 0. The van der Waals surface area contributed by atoms with Crippen molar-refractivity contribution in [2.75, 3.05) is 0 Å². The number of rotatable bonds is 4. The molecule has 2 N–H and O–H groups in total. The van der Waals surface area contributed by atoms with Crippen molar-refractivity contribution in [2.24, 2.45) is 0 Å². The highest BCUT2D eigenvalue weighted by molar-refractivity contribution is 7.11. The van der Waals surface area contributed by atoms with Gasteiger partial charge in [-0.2, -0.15) is 0 Å². The first-order valence-electron chi connectivity index (χ1n) is 6.00. The Balaban J connectivity index is 2.01. The highest BCUT2D eigenvalue weighted by atomic mass is 32.1. The molecule has 0 bridgehead atoms. The van der Waals surface area contributed by atoms with Crippen LogP contribution in [0.2, 0.25) is 0 Å². The second kappa shape index (κ2) is 5.50. The minimum Gasteiger partial charge on any atom is -0.508 e. The van der Waals surface area contributed by atoms with Gasteiger partial charge in [0.05, 0.1) is 0 Å². The Morgan fingerprint density at radius 2 is 2.17 bits per heavy atom. The molecule has 0 spiro atoms. The molecule has 4 heteroatoms. The number of phenolic OH excluding ortho intramolecular Hbond substituents is 1. The fraction of sp³-hybridized carbons (Fsp3) is 0.357. The third-order valence-electron chi connectivity index (χ3n) is 2.88. The predicted molar refractivity (Wildman–Crippen MR) is 74.9 cm³/mol. The van der Waals surface area contributed by atoms with Gasteiger partial charge in [-0.25, -0.2) is 4.98 Å². The molecule has 1 atom stereocenters. The van der Waals surface area contributed by atoms with Gasteiger partial charge in [-0.3, -0.25) is 0 Å². The fourth-order valence-electron chi connectivity index (χ4n) is 1.85. The van der Waals surface area contributed by atoms with Crippen molar-refractivity contribution in [3.8, 4) is 5.75 Å². The molecule has 1 aromatic carbocycles. The Morgan fingerprint density at radius 3 is 2.78 bits per heavy atom. The van der Waals surface area contributed by atoms with Gasteiger partial charge >= 0.3 is 0 Å². The summed E-state index contributed by atoms with van der Waals surface area (Å²) in [7, 11) is 0. The molecule has 0 amide bonds. The van der Waals surface area contributed by atoms with Gasteiger partial charge in [0.1, 0.15) is 10.8 Å². The van der Waals surface area contributed by atoms with E-state index >= 15 is 0 Å². The number of aryl methyl sites for hydroxylation is 2. The lowest BCUT2D eigenvalue weighted by Crippen LogP contribution is -2.18. The lowest BCUT2D eigenvalue weighted by atomic mass is 10.1. The average molecular weight is 262 g/mol. The van der Waals surface area contributed by atoms with E-state index in [1.165, 1.54) is 4.88 Å². The molecule has 1 aromatic heterocycles. The Morgan fingerprint density at radius 1 is 1.39 bits per heavy atom. The molecule has 0 saturated heterocycles. The lowest BCUT2D eigenvalue weighted by Gasteiger charge is -2.15. The molecule has 0 aliphatic heterocycles. The van der Waals surface area contributed by atoms with E-state index < -0.39 is 0 Å². The zero-order chi connectivity index (χ0) is 13.1. The maximum absolute atomic E-state index is 9.91. The topological polar surface area (TPSA) is 45.2 Å². The minimum atomic E-state index is 0.106. The number of nitrogens with one attached hydrogen (secondary N) is 1. The summed E-state index contributed by atoms with van der Waals surface area (Å²) in [6.07, 6.45) is 1.88. The van der Waals surface area contributed by atoms with Gasteiger partial charge in [0.25, 0.3) is 0 Å². The normalized spacial score (nSPS) is 12.6. The lowest BCUT2D eigenvalue weighted by molar-refractivity contribution is 0.452. The Hall–Kier alpha value is -1.39. The Labute approximate surface area is 112 Å². The van der Waals surface area contributed by atoms with Gasteiger partial charge < -0.3 is 10.4 Å². The molecule has 0 aliphatic rings. The van der Waals surface area contributed by atoms with Crippen LogP contribution in [0.25, 0.3) is 0 Å². The third kappa shape index (κ3) is 3.09. The van der Waals surface area contributed by atoms with Crippen LogP contribution < -0.4 is 5.32 Å². The van der Waals surface area contributed by atoms with Gasteiger partial charge in [-0.05, 0) is 32.4 Å². The molecule has 1 unspecified atom stereocenters. The minimum absolute atomic E-state index is 0.106. The summed E-state index contributed by atoms with van der Waals surface area (Å²) in [5.41, 5.74) is 1.99. The zero-order valence-electron chi connectivity index (χ0n) is 10.9. The van der Waals surface area contributed by atoms with Crippen molar-refractivity contribution in [3.63, 3.8) is 0 Å². The molecular formula is C14H18N2OS. The first-order chi connectivity index (χ1) is 8.56. The number of hydrogen-bond donors (Lipinski definition) is 2. The number of nitrogens with zero attached hydrogens (tertiary/aromatic N) is 1. The number of phenols is 1. The highest BCUT2D eigenvalue weighted by Gasteiger charge is 2.10. The van der Waals surface area contributed by atoms with Gasteiger partial charge in [0.15, 0.2) is 0 Å². The zero-order valence-corrected chi connectivity index (χ0v) is 11.7. The molecule has 2 aromatic rings. The molecule has 18 heavy (non-hydrogen) atoms. The van der Waals surface area contributed by atoms with Crippen LogP contribution in [0.3, 0.4) is 0 Å². The van der Waals surface area contributed by atoms with E-state index in [1.54, 1.807) is 17.4 Å². The number of benzene rings is 1. The van der Waals surface area contributed by atoms with E-state index in [-0.39, 0.29) is 6.04 Å². The van der Waals surface area contributed by atoms with Crippen molar-refractivity contribution in [1.82, 2.24) is 10.3 Å². The maximum atomic E-state index is 9.91. The monoisotopic (exact) mass is 262 g/mol. The molecule has 0 aliphatic carbocycles. The third-order valence-corrected chi connectivity index (χ3v) is 3.79. The van der Waals surface area contributed by atoms with Crippen molar-refractivity contribution in [2.45, 2.75) is 33.4 Å². The SMILES string of the molecule is Cc1ccc(C(C)NCc2ncc(C)s2)c(O)c1. The van der Waals surface area contributed by atoms with Gasteiger partial charge in [0, 0.05) is 29.2 Å². The highest BCUT2D eigenvalue weighted by Crippen LogP contribution is 2.25. The molecule has 0 fully saturated rings. The molecule has 0 radical (unpaired) electrons. The molecule has 1 heterocycles. The van der Waals surface area contributed by atoms with E-state index in [2.05, 4.69) is 17.2 Å². The van der Waals surface area contributed by atoms with E-state index in [0.717, 1.165) is 22.7 Å². The van der Waals surface area contributed by atoms with Crippen LogP contribution in [0, 0.1) is 13.8 Å². The van der Waals surface area contributed by atoms with Crippen LogP contribution in [-0.4, -0.2) is 10.1 Å². The summed E-state index contributed by atoms with van der Waals surface area (Å²) in [6, 6.07) is 5.88. The fourth-order valence-corrected chi connectivity index (χ4v) is 2.59. The largest absolute Gasteiger partial charge is 0.508 e. The summed E-state index contributed by atoms with van der Waals surface area (Å²) in [6.45, 7) is 6.80. The maximum Gasteiger partial charge on any atom is 0.120 e. The van der Waals surface area contributed by atoms with Gasteiger partial charge in [-0.15, -0.1) is 11.3 Å². The summed E-state index contributed by atoms with van der Waals surface area (Å²) >= 11 is 1.70. The number of aromatic nitrogens is 1. The number of hydrogen-bond acceptors (Lipinski definition) is 4. The van der Waals surface area contributed by atoms with Gasteiger partial charge in [0.2, 0.25) is 0 Å². The number of aromatic hydroxyl groups is 1. The van der Waals surface area contributed by atoms with Crippen LogP contribution in [0.1, 0.15) is 34.0 Å². The quantitative estimate of drug-likeness (QED) is 0.888. The standard InChI is InChI=1S/C14H18N2OS/c1-9-4-5-12(13(17)6-9)11(3)15-8-14-16-7-10(2)18-14/h4-7,11,15,17H,8H2,1-3H3. The van der Waals surface area contributed by atoms with Crippen molar-refractivity contribution in [1.29, 1.82) is 0 Å². The van der Waals surface area contributed by atoms with Crippen LogP contribution in [-0.2, 0) is 6.54 Å². The van der Waals surface area contributed by atoms with Crippen molar-refractivity contribution in [3.05, 3.63) is 45.4 Å². The second-order valence-corrected chi connectivity index (χ2v) is 5.85. The Kier molecular flexibility index (Phi) is 3.99. The predicted octanol–water partition coefficient (Wildman–Crippen LogP) is 3.32. The van der Waals surface area contributed by atoms with Crippen LogP contribution >= 0.6 is 11.3 Å². The van der Waals surface area contributed by atoms with Crippen LogP contribution in [0.15, 0.2) is 24.4 Å². The Bertz CT molecular complexity index is 536. The van der Waals surface area contributed by atoms with E-state index in [0.29, 0.717) is 5.75 Å². The molecule has 3 nitrogen and oxygen atoms in total. The first kappa shape index (κ1) is 13.1. The average Bonchev–Trinajstić information content (AvgIpc) is 2.72. The smallest absolute Gasteiger partial charge is 0.120 e. The van der Waals surface area contributed by atoms with Crippen molar-refractivity contribution < 1.29 is 5.11 Å². The summed E-state index contributed by atoms with van der Waals surface area (Å²) in [5, 5.41) is 14.4. The van der Waals surface area contributed by atoms with Crippen molar-refractivity contribution >= 4 is 11.3 Å². The van der Waals surface area contributed by atoms with E-state index in [1.807, 2.05) is 32.2 Å². The van der Waals surface area contributed by atoms with Crippen LogP contribution in [0.4, 0.5) is 0 Å². The molecular weight excluding hydrogens is 244 g/mol. The van der Waals surface area contributed by atoms with Crippen LogP contribution in [0.5, 0.6) is 5.75 Å². The van der Waals surface area contributed by atoms with Gasteiger partial charge in [-0.1, -0.05) is 12.1 Å². The van der Waals surface area contributed by atoms with E-state index in [4.69, 9.17) is 0 Å².